The second-order valence-electron chi connectivity index (χ2n) is 11.1. The maximum absolute atomic E-state index is 12.9. The van der Waals surface area contributed by atoms with Gasteiger partial charge in [0.05, 0.1) is 0 Å². The number of unbranched alkanes of at least 4 members (excludes halogenated alkanes) is 9. The van der Waals surface area contributed by atoms with Gasteiger partial charge in [-0.15, -0.1) is 0 Å². The van der Waals surface area contributed by atoms with E-state index in [9.17, 15) is 14.4 Å². The van der Waals surface area contributed by atoms with Crippen molar-refractivity contribution in [3.63, 3.8) is 0 Å². The molecule has 7 nitrogen and oxygen atoms in total. The highest BCUT2D eigenvalue weighted by Gasteiger charge is 2.31. The molecule has 2 unspecified atom stereocenters. The maximum atomic E-state index is 12.9. The highest BCUT2D eigenvalue weighted by atomic mass is 16.6. The average Bonchev–Trinajstić information content (AvgIpc) is 2.72. The molecule has 0 bridgehead atoms. The van der Waals surface area contributed by atoms with Crippen LogP contribution in [0.3, 0.4) is 0 Å². The van der Waals surface area contributed by atoms with Crippen molar-refractivity contribution in [3.8, 4) is 0 Å². The molecule has 0 aliphatic heterocycles. The van der Waals surface area contributed by atoms with Crippen LogP contribution in [0.1, 0.15) is 120 Å². The Kier molecular flexibility index (Phi) is 16.7. The number of carbonyl (C=O) groups is 3. The third kappa shape index (κ3) is 15.9. The van der Waals surface area contributed by atoms with Crippen LogP contribution < -0.4 is 16.0 Å². The largest absolute Gasteiger partial charge is 0.444 e. The first-order valence-corrected chi connectivity index (χ1v) is 13.5. The smallest absolute Gasteiger partial charge is 0.408 e. The summed E-state index contributed by atoms with van der Waals surface area (Å²) in [6, 6.07) is -1.44. The van der Waals surface area contributed by atoms with Crippen LogP contribution in [-0.2, 0) is 14.3 Å². The van der Waals surface area contributed by atoms with Crippen molar-refractivity contribution in [2.24, 2.45) is 11.8 Å². The summed E-state index contributed by atoms with van der Waals surface area (Å²) in [6.45, 7) is 15.6. The van der Waals surface area contributed by atoms with Crippen LogP contribution in [0.5, 0.6) is 0 Å². The van der Waals surface area contributed by atoms with E-state index in [4.69, 9.17) is 4.74 Å². The van der Waals surface area contributed by atoms with Gasteiger partial charge < -0.3 is 20.7 Å². The van der Waals surface area contributed by atoms with Crippen molar-refractivity contribution in [2.75, 3.05) is 6.54 Å². The Bertz CT molecular complexity index is 585. The molecule has 0 aliphatic rings. The van der Waals surface area contributed by atoms with Crippen LogP contribution in [0.15, 0.2) is 0 Å². The average molecular weight is 484 g/mol. The molecular weight excluding hydrogens is 430 g/mol. The number of hydrogen-bond donors (Lipinski definition) is 3. The van der Waals surface area contributed by atoms with Crippen LogP contribution in [0, 0.1) is 11.8 Å². The Morgan fingerprint density at radius 2 is 1.12 bits per heavy atom. The molecule has 0 radical (unpaired) electrons. The zero-order valence-electron chi connectivity index (χ0n) is 23.2. The highest BCUT2D eigenvalue weighted by Crippen LogP contribution is 2.12. The van der Waals surface area contributed by atoms with Crippen molar-refractivity contribution in [2.45, 2.75) is 137 Å². The Hall–Kier alpha value is -1.79. The van der Waals surface area contributed by atoms with E-state index in [1.165, 1.54) is 51.4 Å². The molecule has 0 aliphatic carbocycles. The van der Waals surface area contributed by atoms with E-state index in [1.807, 2.05) is 27.7 Å². The lowest BCUT2D eigenvalue weighted by molar-refractivity contribution is -0.131. The monoisotopic (exact) mass is 483 g/mol. The Balaban J connectivity index is 4.45. The first-order valence-electron chi connectivity index (χ1n) is 13.5. The predicted molar refractivity (Wildman–Crippen MR) is 140 cm³/mol. The van der Waals surface area contributed by atoms with Crippen LogP contribution in [0.4, 0.5) is 4.79 Å². The molecule has 2 atom stereocenters. The fraction of sp³-hybridized carbons (Fsp3) is 0.889. The topological polar surface area (TPSA) is 96.5 Å². The van der Waals surface area contributed by atoms with E-state index in [0.29, 0.717) is 6.54 Å². The number of hydrogen-bond acceptors (Lipinski definition) is 4. The van der Waals surface area contributed by atoms with Gasteiger partial charge in [-0.3, -0.25) is 9.59 Å². The van der Waals surface area contributed by atoms with Crippen LogP contribution in [-0.4, -0.2) is 42.1 Å². The van der Waals surface area contributed by atoms with Gasteiger partial charge in [-0.2, -0.15) is 0 Å². The molecule has 0 rings (SSSR count). The normalized spacial score (nSPS) is 13.5. The molecular formula is C27H53N3O4. The van der Waals surface area contributed by atoms with Crippen LogP contribution in [0.25, 0.3) is 0 Å². The van der Waals surface area contributed by atoms with Crippen molar-refractivity contribution in [1.82, 2.24) is 16.0 Å². The molecule has 0 aromatic carbocycles. The van der Waals surface area contributed by atoms with Gasteiger partial charge in [-0.25, -0.2) is 4.79 Å². The van der Waals surface area contributed by atoms with Gasteiger partial charge in [-0.05, 0) is 39.0 Å². The van der Waals surface area contributed by atoms with E-state index in [0.717, 1.165) is 12.8 Å². The van der Waals surface area contributed by atoms with Crippen molar-refractivity contribution in [1.29, 1.82) is 0 Å². The number of nitrogens with one attached hydrogen (secondary N) is 3. The van der Waals surface area contributed by atoms with Gasteiger partial charge in [-0.1, -0.05) is 92.4 Å². The fourth-order valence-electron chi connectivity index (χ4n) is 3.68. The summed E-state index contributed by atoms with van der Waals surface area (Å²) in [5, 5.41) is 8.45. The maximum Gasteiger partial charge on any atom is 0.408 e. The molecule has 7 heteroatoms. The van der Waals surface area contributed by atoms with Gasteiger partial charge in [0.25, 0.3) is 0 Å². The number of carbonyl (C=O) groups excluding carboxylic acids is 3. The van der Waals surface area contributed by atoms with Gasteiger partial charge in [0.1, 0.15) is 17.7 Å². The second-order valence-corrected chi connectivity index (χ2v) is 11.1. The molecule has 34 heavy (non-hydrogen) atoms. The number of rotatable bonds is 17. The molecule has 3 amide bonds. The predicted octanol–water partition coefficient (Wildman–Crippen LogP) is 5.71. The summed E-state index contributed by atoms with van der Waals surface area (Å²) < 4.78 is 5.28. The molecule has 0 saturated heterocycles. The van der Waals surface area contributed by atoms with Gasteiger partial charge in [0, 0.05) is 6.54 Å². The molecule has 0 spiro atoms. The summed E-state index contributed by atoms with van der Waals surface area (Å²) in [4.78, 5) is 37.8. The lowest BCUT2D eigenvalue weighted by Gasteiger charge is -2.28. The third-order valence-electron chi connectivity index (χ3n) is 5.70. The molecule has 0 fully saturated rings. The summed E-state index contributed by atoms with van der Waals surface area (Å²) >= 11 is 0. The fourth-order valence-corrected chi connectivity index (χ4v) is 3.68. The summed E-state index contributed by atoms with van der Waals surface area (Å²) in [6.07, 6.45) is 11.8. The van der Waals surface area contributed by atoms with Gasteiger partial charge >= 0.3 is 6.09 Å². The van der Waals surface area contributed by atoms with Gasteiger partial charge in [0.15, 0.2) is 0 Å². The molecule has 0 aromatic rings. The summed E-state index contributed by atoms with van der Waals surface area (Å²) in [5.74, 6) is -0.797. The van der Waals surface area contributed by atoms with Crippen molar-refractivity contribution in [3.05, 3.63) is 0 Å². The highest BCUT2D eigenvalue weighted by molar-refractivity contribution is 5.91. The standard InChI is InChI=1S/C27H53N3O4/c1-9-10-11-12-13-14-15-16-17-18-19-28-24(31)22(20(2)3)29-25(32)23(21(4)5)30-26(33)34-27(6,7)8/h20-23H,9-19H2,1-8H3,(H,28,31)(H,29,32)(H,30,33). The minimum Gasteiger partial charge on any atom is -0.444 e. The van der Waals surface area contributed by atoms with Gasteiger partial charge in [0.2, 0.25) is 11.8 Å². The van der Waals surface area contributed by atoms with E-state index >= 15 is 0 Å². The third-order valence-corrected chi connectivity index (χ3v) is 5.70. The second kappa shape index (κ2) is 17.6. The van der Waals surface area contributed by atoms with Crippen LogP contribution >= 0.6 is 0 Å². The first kappa shape index (κ1) is 32.2. The quantitative estimate of drug-likeness (QED) is 0.231. The zero-order valence-corrected chi connectivity index (χ0v) is 23.2. The minimum absolute atomic E-state index is 0.0778. The van der Waals surface area contributed by atoms with Crippen LogP contribution in [0.2, 0.25) is 0 Å². The number of alkyl carbamates (subject to hydrolysis) is 1. The van der Waals surface area contributed by atoms with E-state index in [1.54, 1.807) is 20.8 Å². The molecule has 0 heterocycles. The first-order chi connectivity index (χ1) is 15.9. The Morgan fingerprint density at radius 3 is 1.56 bits per heavy atom. The lowest BCUT2D eigenvalue weighted by atomic mass is 9.99. The van der Waals surface area contributed by atoms with E-state index in [2.05, 4.69) is 22.9 Å². The Labute approximate surface area is 208 Å². The van der Waals surface area contributed by atoms with E-state index < -0.39 is 23.8 Å². The minimum atomic E-state index is -0.786. The molecule has 200 valence electrons. The van der Waals surface area contributed by atoms with E-state index in [-0.39, 0.29) is 23.7 Å². The van der Waals surface area contributed by atoms with Crippen molar-refractivity contribution < 1.29 is 19.1 Å². The zero-order chi connectivity index (χ0) is 26.1. The molecule has 0 saturated carbocycles. The molecule has 3 N–H and O–H groups in total. The molecule has 0 aromatic heterocycles. The number of amides is 3. The SMILES string of the molecule is CCCCCCCCCCCCNC(=O)C(NC(=O)C(NC(=O)OC(C)(C)C)C(C)C)C(C)C. The number of ether oxygens (including phenoxy) is 1. The Morgan fingerprint density at radius 1 is 0.676 bits per heavy atom. The lowest BCUT2D eigenvalue weighted by Crippen LogP contribution is -2.57. The van der Waals surface area contributed by atoms with Crippen molar-refractivity contribution >= 4 is 17.9 Å². The summed E-state index contributed by atoms with van der Waals surface area (Å²) in [5.41, 5.74) is -0.656. The summed E-state index contributed by atoms with van der Waals surface area (Å²) in [7, 11) is 0.